The van der Waals surface area contributed by atoms with Gasteiger partial charge in [-0.05, 0) is 30.7 Å². The van der Waals surface area contributed by atoms with Gasteiger partial charge in [0.2, 0.25) is 22.7 Å². The molecular formula is C32H32N2O10. The molecule has 0 aliphatic rings. The summed E-state index contributed by atoms with van der Waals surface area (Å²) in [5.41, 5.74) is 0.702. The molecule has 0 aliphatic heterocycles. The molecule has 12 heteroatoms. The van der Waals surface area contributed by atoms with Crippen LogP contribution < -0.4 is 38.6 Å². The Bertz CT molecular complexity index is 1860. The normalized spacial score (nSPS) is 11.0. The average molecular weight is 605 g/mol. The number of para-hydroxylation sites is 2. The first-order chi connectivity index (χ1) is 21.4. The summed E-state index contributed by atoms with van der Waals surface area (Å²) in [6, 6.07) is 11.7. The Balaban J connectivity index is 1.84. The molecule has 0 saturated heterocycles. The fourth-order valence-electron chi connectivity index (χ4n) is 4.70. The number of aromatic nitrogens is 2. The molecule has 0 amide bonds. The number of hydrogen-bond donors (Lipinski definition) is 1. The molecule has 5 aromatic rings. The van der Waals surface area contributed by atoms with Crippen molar-refractivity contribution in [3.05, 3.63) is 52.7 Å². The lowest BCUT2D eigenvalue weighted by molar-refractivity contribution is 0.271. The van der Waals surface area contributed by atoms with Gasteiger partial charge < -0.3 is 42.7 Å². The first-order valence-electron chi connectivity index (χ1n) is 13.7. The lowest BCUT2D eigenvalue weighted by Crippen LogP contribution is -2.11. The fraction of sp³-hybridized carbons (Fsp3) is 0.281. The fourth-order valence-corrected chi connectivity index (χ4v) is 4.70. The summed E-state index contributed by atoms with van der Waals surface area (Å²) < 4.78 is 46.3. The number of aromatic hydroxyl groups is 1. The van der Waals surface area contributed by atoms with Crippen LogP contribution >= 0.6 is 0 Å². The number of rotatable bonds is 12. The summed E-state index contributed by atoms with van der Waals surface area (Å²) in [5.74, 6) is 0.408. The van der Waals surface area contributed by atoms with Crippen molar-refractivity contribution >= 4 is 22.0 Å². The molecule has 0 spiro atoms. The van der Waals surface area contributed by atoms with Gasteiger partial charge in [-0.25, -0.2) is 9.97 Å². The number of ether oxygens (including phenoxy) is 7. The Morgan fingerprint density at radius 3 is 1.98 bits per heavy atom. The van der Waals surface area contributed by atoms with Crippen molar-refractivity contribution in [3.63, 3.8) is 0 Å². The second-order valence-corrected chi connectivity index (χ2v) is 9.46. The van der Waals surface area contributed by atoms with Gasteiger partial charge in [0.15, 0.2) is 28.8 Å². The van der Waals surface area contributed by atoms with E-state index in [1.165, 1.54) is 35.5 Å². The molecule has 0 radical (unpaired) electrons. The van der Waals surface area contributed by atoms with Crippen LogP contribution in [0.5, 0.6) is 52.0 Å². The predicted molar refractivity (Wildman–Crippen MR) is 162 cm³/mol. The van der Waals surface area contributed by atoms with E-state index in [2.05, 4.69) is 9.97 Å². The molecule has 0 unspecified atom stereocenters. The highest BCUT2D eigenvalue weighted by molar-refractivity contribution is 5.92. The van der Waals surface area contributed by atoms with Gasteiger partial charge >= 0.3 is 0 Å². The average Bonchev–Trinajstić information content (AvgIpc) is 3.04. The second-order valence-electron chi connectivity index (χ2n) is 9.46. The van der Waals surface area contributed by atoms with E-state index in [4.69, 9.17) is 37.6 Å². The van der Waals surface area contributed by atoms with Crippen molar-refractivity contribution in [1.82, 2.24) is 9.97 Å². The molecule has 2 heterocycles. The third-order valence-electron chi connectivity index (χ3n) is 6.83. The summed E-state index contributed by atoms with van der Waals surface area (Å²) in [5, 5.41) is 10.8. The van der Waals surface area contributed by atoms with Crippen LogP contribution in [0.25, 0.3) is 33.3 Å². The minimum Gasteiger partial charge on any atom is -0.493 e. The van der Waals surface area contributed by atoms with E-state index in [0.717, 1.165) is 12.8 Å². The minimum absolute atomic E-state index is 0.0271. The van der Waals surface area contributed by atoms with E-state index in [9.17, 15) is 9.90 Å². The summed E-state index contributed by atoms with van der Waals surface area (Å²) in [7, 11) is 7.30. The van der Waals surface area contributed by atoms with E-state index in [1.807, 2.05) is 6.92 Å². The Morgan fingerprint density at radius 1 is 0.773 bits per heavy atom. The van der Waals surface area contributed by atoms with Crippen LogP contribution in [0.15, 0.2) is 51.7 Å². The van der Waals surface area contributed by atoms with E-state index >= 15 is 0 Å². The number of benzene rings is 3. The summed E-state index contributed by atoms with van der Waals surface area (Å²) in [6.45, 7) is 2.40. The van der Waals surface area contributed by atoms with Crippen molar-refractivity contribution < 1.29 is 42.7 Å². The third-order valence-corrected chi connectivity index (χ3v) is 6.83. The Morgan fingerprint density at radius 2 is 1.39 bits per heavy atom. The van der Waals surface area contributed by atoms with Gasteiger partial charge in [0.1, 0.15) is 11.0 Å². The topological polar surface area (TPSA) is 141 Å². The first-order valence-corrected chi connectivity index (χ1v) is 13.7. The van der Waals surface area contributed by atoms with Crippen molar-refractivity contribution in [3.8, 4) is 63.3 Å². The van der Waals surface area contributed by atoms with Crippen LogP contribution in [-0.4, -0.2) is 57.2 Å². The number of nitrogens with zero attached hydrogens (tertiary/aromatic N) is 2. The van der Waals surface area contributed by atoms with Gasteiger partial charge in [0.05, 0.1) is 53.2 Å². The largest absolute Gasteiger partial charge is 0.493 e. The highest BCUT2D eigenvalue weighted by Gasteiger charge is 2.28. The number of fused-ring (bicyclic) bond motifs is 2. The highest BCUT2D eigenvalue weighted by Crippen LogP contribution is 2.48. The molecule has 5 rings (SSSR count). The van der Waals surface area contributed by atoms with Crippen LogP contribution in [0.2, 0.25) is 0 Å². The zero-order valence-corrected chi connectivity index (χ0v) is 25.2. The van der Waals surface area contributed by atoms with Crippen LogP contribution in [0.3, 0.4) is 0 Å². The first kappa shape index (κ1) is 30.1. The van der Waals surface area contributed by atoms with Crippen molar-refractivity contribution in [1.29, 1.82) is 0 Å². The second kappa shape index (κ2) is 12.9. The smallest absolute Gasteiger partial charge is 0.284 e. The van der Waals surface area contributed by atoms with Gasteiger partial charge in [-0.3, -0.25) is 4.79 Å². The predicted octanol–water partition coefficient (Wildman–Crippen LogP) is 6.12. The maximum Gasteiger partial charge on any atom is 0.284 e. The van der Waals surface area contributed by atoms with Crippen molar-refractivity contribution in [2.24, 2.45) is 0 Å². The number of methoxy groups -OCH3 is 5. The zero-order chi connectivity index (χ0) is 31.4. The SMILES string of the molecule is CCCCOc1c(OC)cc2oc(-c3cc(OC)c(OC)c(OC)c3)c(Oc3nc4ccccc4nc3O)c(=O)c2c1OC. The molecule has 2 aromatic heterocycles. The summed E-state index contributed by atoms with van der Waals surface area (Å²) in [4.78, 5) is 23.0. The molecule has 0 atom stereocenters. The van der Waals surface area contributed by atoms with E-state index in [0.29, 0.717) is 46.2 Å². The molecule has 44 heavy (non-hydrogen) atoms. The van der Waals surface area contributed by atoms with E-state index < -0.39 is 11.3 Å². The van der Waals surface area contributed by atoms with Crippen LogP contribution in [0, 0.1) is 0 Å². The number of hydrogen-bond acceptors (Lipinski definition) is 12. The summed E-state index contributed by atoms with van der Waals surface area (Å²) >= 11 is 0. The van der Waals surface area contributed by atoms with Gasteiger partial charge in [-0.15, -0.1) is 0 Å². The van der Waals surface area contributed by atoms with Crippen molar-refractivity contribution in [2.45, 2.75) is 19.8 Å². The highest BCUT2D eigenvalue weighted by atomic mass is 16.5. The summed E-state index contributed by atoms with van der Waals surface area (Å²) in [6.07, 6.45) is 1.67. The molecular weight excluding hydrogens is 572 g/mol. The molecule has 0 fully saturated rings. The third kappa shape index (κ3) is 5.41. The minimum atomic E-state index is -0.635. The molecule has 1 N–H and O–H groups in total. The lowest BCUT2D eigenvalue weighted by atomic mass is 10.1. The van der Waals surface area contributed by atoms with Gasteiger partial charge in [-0.1, -0.05) is 25.5 Å². The molecule has 230 valence electrons. The van der Waals surface area contributed by atoms with E-state index in [1.54, 1.807) is 42.5 Å². The van der Waals surface area contributed by atoms with Gasteiger partial charge in [0.25, 0.3) is 11.8 Å². The Labute approximate surface area is 252 Å². The molecule has 12 nitrogen and oxygen atoms in total. The lowest BCUT2D eigenvalue weighted by Gasteiger charge is -2.18. The molecule has 0 bridgehead atoms. The molecule has 3 aromatic carbocycles. The number of unbranched alkanes of at least 4 members (excludes halogenated alkanes) is 1. The molecule has 0 aliphatic carbocycles. The van der Waals surface area contributed by atoms with Crippen molar-refractivity contribution in [2.75, 3.05) is 42.2 Å². The van der Waals surface area contributed by atoms with Crippen LogP contribution in [-0.2, 0) is 0 Å². The quantitative estimate of drug-likeness (QED) is 0.164. The van der Waals surface area contributed by atoms with Gasteiger partial charge in [-0.2, -0.15) is 0 Å². The Hall–Kier alpha value is -5.39. The monoisotopic (exact) mass is 604 g/mol. The zero-order valence-electron chi connectivity index (χ0n) is 25.2. The maximum atomic E-state index is 14.4. The molecule has 0 saturated carbocycles. The van der Waals surface area contributed by atoms with Gasteiger partial charge in [0, 0.05) is 11.6 Å². The standard InChI is InChI=1S/C32H32N2O10/c1-7-8-13-42-28-23(39-4)16-20-24(29(28)41-6)25(35)30(44-32-31(36)33-18-11-9-10-12-19(18)34-32)26(43-20)17-14-21(37-2)27(40-5)22(15-17)38-3/h9-12,14-16H,7-8,13H2,1-6H3,(H,33,36). The maximum absolute atomic E-state index is 14.4. The van der Waals surface area contributed by atoms with Crippen LogP contribution in [0.4, 0.5) is 0 Å². The van der Waals surface area contributed by atoms with Crippen LogP contribution in [0.1, 0.15) is 19.8 Å². The van der Waals surface area contributed by atoms with E-state index in [-0.39, 0.29) is 39.9 Å². The Kier molecular flexibility index (Phi) is 8.79.